The minimum atomic E-state index is -0.481. The van der Waals surface area contributed by atoms with Crippen molar-refractivity contribution < 1.29 is 19.1 Å². The topological polar surface area (TPSA) is 55.8 Å². The van der Waals surface area contributed by atoms with Crippen molar-refractivity contribution in [1.82, 2.24) is 0 Å². The summed E-state index contributed by atoms with van der Waals surface area (Å²) in [6, 6.07) is 5.00. The number of fused-ring (bicyclic) bond motifs is 1. The lowest BCUT2D eigenvalue weighted by Gasteiger charge is -2.33. The summed E-state index contributed by atoms with van der Waals surface area (Å²) in [5.41, 5.74) is 1.72. The molecule has 1 heterocycles. The average Bonchev–Trinajstić information content (AvgIpc) is 2.45. The van der Waals surface area contributed by atoms with Gasteiger partial charge in [-0.05, 0) is 43.5 Å². The maximum Gasteiger partial charge on any atom is 0.414 e. The van der Waals surface area contributed by atoms with E-state index in [1.165, 1.54) is 4.90 Å². The molecule has 1 atom stereocenters. The van der Waals surface area contributed by atoms with Gasteiger partial charge in [-0.3, -0.25) is 4.90 Å². The molecule has 0 bridgehead atoms. The van der Waals surface area contributed by atoms with E-state index in [1.54, 1.807) is 26.2 Å². The summed E-state index contributed by atoms with van der Waals surface area (Å²) >= 11 is 0. The molecular weight excluding hydrogens is 246 g/mol. The summed E-state index contributed by atoms with van der Waals surface area (Å²) in [7, 11) is 1.60. The highest BCUT2D eigenvalue weighted by molar-refractivity contribution is 5.94. The zero-order valence-electron chi connectivity index (χ0n) is 11.1. The van der Waals surface area contributed by atoms with E-state index in [0.717, 1.165) is 29.7 Å². The monoisotopic (exact) mass is 263 g/mol. The lowest BCUT2D eigenvalue weighted by Crippen LogP contribution is -2.45. The Bertz CT molecular complexity index is 486. The molecule has 0 aromatic heterocycles. The average molecular weight is 263 g/mol. The number of aryl methyl sites for hydroxylation is 1. The van der Waals surface area contributed by atoms with Crippen molar-refractivity contribution in [2.24, 2.45) is 0 Å². The van der Waals surface area contributed by atoms with E-state index in [4.69, 9.17) is 9.47 Å². The fraction of sp³-hybridized carbons (Fsp3) is 0.429. The van der Waals surface area contributed by atoms with Crippen molar-refractivity contribution in [3.63, 3.8) is 0 Å². The zero-order valence-corrected chi connectivity index (χ0v) is 11.1. The van der Waals surface area contributed by atoms with Gasteiger partial charge in [-0.1, -0.05) is 0 Å². The number of rotatable bonds is 3. The van der Waals surface area contributed by atoms with Gasteiger partial charge in [0.05, 0.1) is 25.4 Å². The number of hydrogen-bond donors (Lipinski definition) is 0. The minimum Gasteiger partial charge on any atom is -0.497 e. The summed E-state index contributed by atoms with van der Waals surface area (Å²) in [5.74, 6) is 0.743. The van der Waals surface area contributed by atoms with Crippen molar-refractivity contribution in [2.75, 3.05) is 18.6 Å². The summed E-state index contributed by atoms with van der Waals surface area (Å²) in [5, 5.41) is 0. The maximum absolute atomic E-state index is 12.0. The molecule has 0 N–H and O–H groups in total. The number of ether oxygens (including phenoxy) is 2. The smallest absolute Gasteiger partial charge is 0.414 e. The lowest BCUT2D eigenvalue weighted by atomic mass is 9.96. The Morgan fingerprint density at radius 3 is 2.95 bits per heavy atom. The van der Waals surface area contributed by atoms with Crippen molar-refractivity contribution in [3.05, 3.63) is 23.8 Å². The number of carbonyl (C=O) groups excluding carboxylic acids is 2. The van der Waals surface area contributed by atoms with E-state index in [2.05, 4.69) is 0 Å². The Balaban J connectivity index is 2.39. The predicted octanol–water partition coefficient (Wildman–Crippen LogP) is 2.17. The second kappa shape index (κ2) is 5.73. The Morgan fingerprint density at radius 1 is 1.53 bits per heavy atom. The molecule has 1 aromatic carbocycles. The molecule has 1 aliphatic rings. The Morgan fingerprint density at radius 2 is 2.32 bits per heavy atom. The van der Waals surface area contributed by atoms with Gasteiger partial charge in [0.2, 0.25) is 0 Å². The fourth-order valence-corrected chi connectivity index (χ4v) is 2.29. The summed E-state index contributed by atoms with van der Waals surface area (Å²) in [6.45, 7) is 2.03. The van der Waals surface area contributed by atoms with E-state index < -0.39 is 12.1 Å². The molecule has 5 nitrogen and oxygen atoms in total. The van der Waals surface area contributed by atoms with Gasteiger partial charge in [-0.2, -0.15) is 0 Å². The van der Waals surface area contributed by atoms with E-state index in [9.17, 15) is 9.59 Å². The third-order valence-electron chi connectivity index (χ3n) is 3.21. The molecule has 1 amide bonds. The second-order valence-electron chi connectivity index (χ2n) is 4.31. The van der Waals surface area contributed by atoms with Crippen LogP contribution in [0.4, 0.5) is 10.5 Å². The largest absolute Gasteiger partial charge is 0.497 e. The molecule has 0 spiro atoms. The molecule has 102 valence electrons. The molecule has 0 fully saturated rings. The normalized spacial score (nSPS) is 17.6. The number of nitrogens with zero attached hydrogens (tertiary/aromatic N) is 1. The van der Waals surface area contributed by atoms with Crippen molar-refractivity contribution in [2.45, 2.75) is 25.8 Å². The van der Waals surface area contributed by atoms with Gasteiger partial charge in [-0.15, -0.1) is 0 Å². The maximum atomic E-state index is 12.0. The first-order chi connectivity index (χ1) is 9.21. The van der Waals surface area contributed by atoms with E-state index in [1.807, 2.05) is 6.07 Å². The highest BCUT2D eigenvalue weighted by Gasteiger charge is 2.31. The minimum absolute atomic E-state index is 0.284. The molecule has 0 radical (unpaired) electrons. The number of carbonyl (C=O) groups is 2. The third-order valence-corrected chi connectivity index (χ3v) is 3.21. The van der Waals surface area contributed by atoms with Crippen molar-refractivity contribution in [1.29, 1.82) is 0 Å². The second-order valence-corrected chi connectivity index (χ2v) is 4.31. The van der Waals surface area contributed by atoms with Gasteiger partial charge in [0, 0.05) is 0 Å². The molecule has 5 heteroatoms. The van der Waals surface area contributed by atoms with E-state index >= 15 is 0 Å². The van der Waals surface area contributed by atoms with Crippen LogP contribution in [-0.2, 0) is 16.0 Å². The molecule has 1 aromatic rings. The van der Waals surface area contributed by atoms with Gasteiger partial charge >= 0.3 is 6.09 Å². The number of anilines is 1. The molecule has 0 unspecified atom stereocenters. The standard InChI is InChI=1S/C14H17NO4/c1-3-19-14(17)15-11(9-16)5-4-10-8-12(18-2)6-7-13(10)15/h6-9,11H,3-5H2,1-2H3/t11-/m1/s1. The molecule has 19 heavy (non-hydrogen) atoms. The molecule has 0 saturated carbocycles. The summed E-state index contributed by atoms with van der Waals surface area (Å²) in [4.78, 5) is 24.6. The van der Waals surface area contributed by atoms with E-state index in [-0.39, 0.29) is 6.61 Å². The van der Waals surface area contributed by atoms with Gasteiger partial charge in [0.15, 0.2) is 0 Å². The first kappa shape index (κ1) is 13.4. The first-order valence-corrected chi connectivity index (χ1v) is 6.29. The van der Waals surface area contributed by atoms with Gasteiger partial charge in [0.1, 0.15) is 12.0 Å². The van der Waals surface area contributed by atoms with Crippen LogP contribution in [0, 0.1) is 0 Å². The molecular formula is C14H17NO4. The van der Waals surface area contributed by atoms with Crippen molar-refractivity contribution in [3.8, 4) is 5.75 Å². The summed E-state index contributed by atoms with van der Waals surface area (Å²) in [6.07, 6.45) is 1.66. The van der Waals surface area contributed by atoms with Crippen LogP contribution < -0.4 is 9.64 Å². The summed E-state index contributed by atoms with van der Waals surface area (Å²) < 4.78 is 10.2. The van der Waals surface area contributed by atoms with Gasteiger partial charge in [-0.25, -0.2) is 4.79 Å². The van der Waals surface area contributed by atoms with Crippen molar-refractivity contribution >= 4 is 18.1 Å². The van der Waals surface area contributed by atoms with E-state index in [0.29, 0.717) is 6.42 Å². The Hall–Kier alpha value is -2.04. The van der Waals surface area contributed by atoms with Gasteiger partial charge in [0.25, 0.3) is 0 Å². The number of methoxy groups -OCH3 is 1. The SMILES string of the molecule is CCOC(=O)N1c2ccc(OC)cc2CC[C@@H]1C=O. The van der Waals surface area contributed by atoms with Crippen LogP contribution in [0.5, 0.6) is 5.75 Å². The van der Waals surface area contributed by atoms with Crippen LogP contribution in [0.25, 0.3) is 0 Å². The number of aldehydes is 1. The predicted molar refractivity (Wildman–Crippen MR) is 70.7 cm³/mol. The highest BCUT2D eigenvalue weighted by atomic mass is 16.6. The number of amides is 1. The fourth-order valence-electron chi connectivity index (χ4n) is 2.29. The molecule has 2 rings (SSSR count). The lowest BCUT2D eigenvalue weighted by molar-refractivity contribution is -0.109. The first-order valence-electron chi connectivity index (χ1n) is 6.29. The Kier molecular flexibility index (Phi) is 4.04. The third kappa shape index (κ3) is 2.54. The van der Waals surface area contributed by atoms with Crippen LogP contribution in [0.15, 0.2) is 18.2 Å². The van der Waals surface area contributed by atoms with Crippen LogP contribution in [0.2, 0.25) is 0 Å². The Labute approximate surface area is 112 Å². The van der Waals surface area contributed by atoms with Crippen LogP contribution in [0.3, 0.4) is 0 Å². The van der Waals surface area contributed by atoms with Crippen LogP contribution in [-0.4, -0.2) is 32.1 Å². The molecule has 0 aliphatic carbocycles. The van der Waals surface area contributed by atoms with Crippen LogP contribution >= 0.6 is 0 Å². The quantitative estimate of drug-likeness (QED) is 0.784. The highest BCUT2D eigenvalue weighted by Crippen LogP contribution is 2.33. The van der Waals surface area contributed by atoms with Crippen LogP contribution in [0.1, 0.15) is 18.9 Å². The molecule has 1 aliphatic heterocycles. The zero-order chi connectivity index (χ0) is 13.8. The molecule has 0 saturated heterocycles. The number of hydrogen-bond acceptors (Lipinski definition) is 4. The number of benzene rings is 1. The van der Waals surface area contributed by atoms with Gasteiger partial charge < -0.3 is 14.3 Å².